The van der Waals surface area contributed by atoms with Crippen LogP contribution in [0.4, 0.5) is 0 Å². The fraction of sp³-hybridized carbons (Fsp3) is 0.529. The number of carbonyl (C=O) groups is 2. The molecule has 4 nitrogen and oxygen atoms in total. The summed E-state index contributed by atoms with van der Waals surface area (Å²) < 4.78 is 10.3. The van der Waals surface area contributed by atoms with Gasteiger partial charge < -0.3 is 9.47 Å². The van der Waals surface area contributed by atoms with Gasteiger partial charge in [-0.3, -0.25) is 4.79 Å². The van der Waals surface area contributed by atoms with Gasteiger partial charge in [-0.1, -0.05) is 44.9 Å². The van der Waals surface area contributed by atoms with E-state index in [0.29, 0.717) is 24.3 Å². The lowest BCUT2D eigenvalue weighted by molar-refractivity contribution is -0.142. The number of ether oxygens (including phenoxy) is 2. The lowest BCUT2D eigenvalue weighted by atomic mass is 10.0. The van der Waals surface area contributed by atoms with Crippen LogP contribution in [0.1, 0.15) is 55.5 Å². The van der Waals surface area contributed by atoms with Crippen LogP contribution in [-0.4, -0.2) is 25.2 Å². The lowest BCUT2D eigenvalue weighted by Gasteiger charge is -2.09. The van der Waals surface area contributed by atoms with Crippen molar-refractivity contribution in [1.82, 2.24) is 0 Å². The van der Waals surface area contributed by atoms with Crippen molar-refractivity contribution in [1.29, 1.82) is 0 Å². The average Bonchev–Trinajstić information content (AvgIpc) is 2.48. The van der Waals surface area contributed by atoms with Gasteiger partial charge in [0, 0.05) is 0 Å². The van der Waals surface area contributed by atoms with Crippen molar-refractivity contribution in [3.63, 3.8) is 0 Å². The van der Waals surface area contributed by atoms with Crippen LogP contribution >= 0.6 is 0 Å². The first-order valence-electron chi connectivity index (χ1n) is 7.59. The summed E-state index contributed by atoms with van der Waals surface area (Å²) in [4.78, 5) is 23.8. The third-order valence-electron chi connectivity index (χ3n) is 3.06. The van der Waals surface area contributed by atoms with Gasteiger partial charge in [0.25, 0.3) is 0 Å². The fourth-order valence-electron chi connectivity index (χ4n) is 1.80. The topological polar surface area (TPSA) is 52.6 Å². The number of esters is 2. The minimum atomic E-state index is -0.375. The van der Waals surface area contributed by atoms with E-state index >= 15 is 0 Å². The predicted molar refractivity (Wildman–Crippen MR) is 81.2 cm³/mol. The number of carbonyl (C=O) groups excluding carboxylic acids is 2. The van der Waals surface area contributed by atoms with Gasteiger partial charge in [-0.05, 0) is 24.5 Å². The molecule has 0 atom stereocenters. The maximum atomic E-state index is 12.0. The molecule has 0 unspecified atom stereocenters. The molecule has 0 bridgehead atoms. The lowest BCUT2D eigenvalue weighted by Crippen LogP contribution is -2.14. The van der Waals surface area contributed by atoms with E-state index in [4.69, 9.17) is 9.47 Å². The molecule has 0 saturated carbocycles. The van der Waals surface area contributed by atoms with Crippen LogP contribution < -0.4 is 0 Å². The number of benzene rings is 1. The summed E-state index contributed by atoms with van der Waals surface area (Å²) in [5, 5.41) is 0. The van der Waals surface area contributed by atoms with E-state index < -0.39 is 0 Å². The van der Waals surface area contributed by atoms with Crippen molar-refractivity contribution in [2.45, 2.75) is 46.0 Å². The molecule has 1 aromatic carbocycles. The summed E-state index contributed by atoms with van der Waals surface area (Å²) in [5.41, 5.74) is 1.10. The molecule has 0 radical (unpaired) electrons. The number of hydrogen-bond donors (Lipinski definition) is 0. The third kappa shape index (κ3) is 6.43. The van der Waals surface area contributed by atoms with Crippen LogP contribution in [0.5, 0.6) is 0 Å². The zero-order chi connectivity index (χ0) is 15.5. The van der Waals surface area contributed by atoms with E-state index in [2.05, 4.69) is 0 Å². The average molecular weight is 292 g/mol. The minimum Gasteiger partial charge on any atom is -0.465 e. The second-order valence-corrected chi connectivity index (χ2v) is 4.90. The fourth-order valence-corrected chi connectivity index (χ4v) is 1.80. The van der Waals surface area contributed by atoms with Crippen LogP contribution in [0, 0.1) is 0 Å². The summed E-state index contributed by atoms with van der Waals surface area (Å²) in [6, 6.07) is 7.01. The van der Waals surface area contributed by atoms with E-state index in [-0.39, 0.29) is 18.4 Å². The van der Waals surface area contributed by atoms with Crippen molar-refractivity contribution >= 4 is 11.9 Å². The zero-order valence-electron chi connectivity index (χ0n) is 12.9. The molecule has 1 aromatic rings. The molecule has 116 valence electrons. The highest BCUT2D eigenvalue weighted by atomic mass is 16.5. The van der Waals surface area contributed by atoms with E-state index in [1.165, 1.54) is 0 Å². The summed E-state index contributed by atoms with van der Waals surface area (Å²) >= 11 is 0. The Labute approximate surface area is 126 Å². The number of rotatable bonds is 9. The molecule has 4 heteroatoms. The molecule has 0 N–H and O–H groups in total. The van der Waals surface area contributed by atoms with Crippen LogP contribution in [-0.2, 0) is 20.7 Å². The Balaban J connectivity index is 2.61. The Morgan fingerprint density at radius 2 is 1.57 bits per heavy atom. The monoisotopic (exact) mass is 292 g/mol. The number of hydrogen-bond acceptors (Lipinski definition) is 4. The van der Waals surface area contributed by atoms with Crippen LogP contribution in [0.3, 0.4) is 0 Å². The summed E-state index contributed by atoms with van der Waals surface area (Å²) in [6.45, 7) is 4.91. The van der Waals surface area contributed by atoms with Gasteiger partial charge in [0.2, 0.25) is 0 Å². The van der Waals surface area contributed by atoms with Gasteiger partial charge in [0.05, 0.1) is 25.2 Å². The largest absolute Gasteiger partial charge is 0.465 e. The molecule has 0 fully saturated rings. The summed E-state index contributed by atoms with van der Waals surface area (Å²) in [7, 11) is 0. The van der Waals surface area contributed by atoms with Crippen molar-refractivity contribution in [3.05, 3.63) is 35.4 Å². The first kappa shape index (κ1) is 17.2. The van der Waals surface area contributed by atoms with Crippen molar-refractivity contribution in [2.24, 2.45) is 0 Å². The van der Waals surface area contributed by atoms with Crippen LogP contribution in [0.15, 0.2) is 24.3 Å². The maximum absolute atomic E-state index is 12.0. The van der Waals surface area contributed by atoms with Crippen molar-refractivity contribution in [3.8, 4) is 0 Å². The molecular formula is C17H24O4. The molecule has 0 heterocycles. The van der Waals surface area contributed by atoms with E-state index in [1.54, 1.807) is 24.3 Å². The quantitative estimate of drug-likeness (QED) is 0.516. The second-order valence-electron chi connectivity index (χ2n) is 4.90. The van der Waals surface area contributed by atoms with E-state index in [1.807, 2.05) is 13.8 Å². The molecule has 0 amide bonds. The second kappa shape index (κ2) is 9.97. The van der Waals surface area contributed by atoms with Crippen LogP contribution in [0.2, 0.25) is 0 Å². The van der Waals surface area contributed by atoms with E-state index in [0.717, 1.165) is 25.7 Å². The van der Waals surface area contributed by atoms with Gasteiger partial charge in [-0.15, -0.1) is 0 Å². The highest BCUT2D eigenvalue weighted by molar-refractivity contribution is 5.92. The predicted octanol–water partition coefficient (Wildman–Crippen LogP) is 3.53. The standard InChI is InChI=1S/C17H24O4/c1-3-5-11-20-16(18)13-14-9-7-8-10-15(14)17(19)21-12-6-4-2/h7-10H,3-6,11-13H2,1-2H3. The Kier molecular flexibility index (Phi) is 8.17. The normalized spacial score (nSPS) is 10.2. The maximum Gasteiger partial charge on any atom is 0.338 e. The molecule has 0 aliphatic heterocycles. The Morgan fingerprint density at radius 1 is 0.952 bits per heavy atom. The highest BCUT2D eigenvalue weighted by Crippen LogP contribution is 2.12. The molecular weight excluding hydrogens is 268 g/mol. The zero-order valence-corrected chi connectivity index (χ0v) is 12.9. The first-order valence-corrected chi connectivity index (χ1v) is 7.59. The third-order valence-corrected chi connectivity index (χ3v) is 3.06. The Bertz CT molecular complexity index is 454. The highest BCUT2D eigenvalue weighted by Gasteiger charge is 2.15. The molecule has 0 saturated heterocycles. The van der Waals surface area contributed by atoms with Crippen LogP contribution in [0.25, 0.3) is 0 Å². The van der Waals surface area contributed by atoms with Crippen molar-refractivity contribution in [2.75, 3.05) is 13.2 Å². The first-order chi connectivity index (χ1) is 10.2. The van der Waals surface area contributed by atoms with Crippen molar-refractivity contribution < 1.29 is 19.1 Å². The number of unbranched alkanes of at least 4 members (excludes halogenated alkanes) is 2. The minimum absolute atomic E-state index is 0.1000. The van der Waals surface area contributed by atoms with Gasteiger partial charge in [-0.2, -0.15) is 0 Å². The van der Waals surface area contributed by atoms with E-state index in [9.17, 15) is 9.59 Å². The molecule has 0 spiro atoms. The molecule has 21 heavy (non-hydrogen) atoms. The molecule has 0 aliphatic carbocycles. The Hall–Kier alpha value is -1.84. The SMILES string of the molecule is CCCCOC(=O)Cc1ccccc1C(=O)OCCCC. The summed E-state index contributed by atoms with van der Waals surface area (Å²) in [6.07, 6.45) is 3.74. The smallest absolute Gasteiger partial charge is 0.338 e. The Morgan fingerprint density at radius 3 is 2.24 bits per heavy atom. The molecule has 0 aromatic heterocycles. The van der Waals surface area contributed by atoms with Gasteiger partial charge in [0.1, 0.15) is 0 Å². The van der Waals surface area contributed by atoms with Gasteiger partial charge in [-0.25, -0.2) is 4.79 Å². The molecule has 0 aliphatic rings. The summed E-state index contributed by atoms with van der Waals surface area (Å²) in [5.74, 6) is -0.683. The molecule has 1 rings (SSSR count). The van der Waals surface area contributed by atoms with Gasteiger partial charge in [0.15, 0.2) is 0 Å². The van der Waals surface area contributed by atoms with Gasteiger partial charge >= 0.3 is 11.9 Å².